The Kier molecular flexibility index (Phi) is 8.44. The normalized spacial score (nSPS) is 10.8. The Hall–Kier alpha value is -0.380. The molecule has 0 aliphatic carbocycles. The summed E-state index contributed by atoms with van der Waals surface area (Å²) in [5.74, 6) is 0. The quantitative estimate of drug-likeness (QED) is 0.427. The van der Waals surface area contributed by atoms with Crippen molar-refractivity contribution in [2.45, 2.75) is 19.3 Å². The molecular weight excluding hydrogens is 181 g/mol. The van der Waals surface area contributed by atoms with E-state index in [1.54, 1.807) is 0 Å². The van der Waals surface area contributed by atoms with Crippen LogP contribution < -0.4 is 10.4 Å². The fourth-order valence-electron chi connectivity index (χ4n) is 0.712. The van der Waals surface area contributed by atoms with Crippen molar-refractivity contribution in [2.24, 2.45) is 0 Å². The highest BCUT2D eigenvalue weighted by Gasteiger charge is 1.89. The van der Waals surface area contributed by atoms with Gasteiger partial charge in [0.15, 0.2) is 9.03 Å². The number of carbonyl (C=O) groups excluding carboxylic acids is 1. The van der Waals surface area contributed by atoms with Crippen LogP contribution in [-0.2, 0) is 4.52 Å². The molecule has 2 N–H and O–H groups in total. The average Bonchev–Trinajstić information content (AvgIpc) is 2.02. The Balaban J connectivity index is 2.86. The Morgan fingerprint density at radius 2 is 2.25 bits per heavy atom. The number of hydrogen-bond acceptors (Lipinski definition) is 4. The highest BCUT2D eigenvalue weighted by Crippen LogP contribution is 2.05. The smallest absolute Gasteiger partial charge is 0.152 e. The molecule has 0 aliphatic rings. The van der Waals surface area contributed by atoms with E-state index in [-0.39, 0.29) is 0 Å². The van der Waals surface area contributed by atoms with Crippen molar-refractivity contribution in [1.29, 1.82) is 0 Å². The maximum atomic E-state index is 9.86. The first-order valence-electron chi connectivity index (χ1n) is 3.73. The molecule has 1 unspecified atom stereocenters. The Morgan fingerprint density at radius 3 is 2.83 bits per heavy atom. The Labute approximate surface area is 73.1 Å². The number of carboxylic acid groups (broad SMARTS) is 1. The van der Waals surface area contributed by atoms with Crippen molar-refractivity contribution in [2.75, 3.05) is 13.2 Å². The summed E-state index contributed by atoms with van der Waals surface area (Å²) in [5, 5.41) is 12.0. The van der Waals surface area contributed by atoms with E-state index in [4.69, 9.17) is 9.42 Å². The highest BCUT2D eigenvalue weighted by atomic mass is 31.1. The zero-order valence-electron chi connectivity index (χ0n) is 6.71. The first-order valence-corrected chi connectivity index (χ1v) is 4.58. The lowest BCUT2D eigenvalue weighted by Crippen LogP contribution is -2.36. The van der Waals surface area contributed by atoms with Gasteiger partial charge in [0.2, 0.25) is 0 Å². The standard InChI is InChI=1S/C6H14NO4P/c8-6(9)7-4-2-1-3-5-11-12-10/h7,10,12H,1-5H2,(H,8,9)/p-1. The van der Waals surface area contributed by atoms with Crippen LogP contribution in [0.1, 0.15) is 19.3 Å². The topological polar surface area (TPSA) is 81.6 Å². The van der Waals surface area contributed by atoms with Gasteiger partial charge in [-0.25, -0.2) is 0 Å². The van der Waals surface area contributed by atoms with Crippen molar-refractivity contribution in [1.82, 2.24) is 5.32 Å². The van der Waals surface area contributed by atoms with Crippen LogP contribution in [0.2, 0.25) is 0 Å². The number of hydrogen-bond donors (Lipinski definition) is 2. The number of carbonyl (C=O) groups is 1. The maximum Gasteiger partial charge on any atom is 0.152 e. The van der Waals surface area contributed by atoms with E-state index >= 15 is 0 Å². The number of nitrogens with one attached hydrogen (secondary N) is 1. The molecule has 72 valence electrons. The summed E-state index contributed by atoms with van der Waals surface area (Å²) in [4.78, 5) is 18.1. The van der Waals surface area contributed by atoms with Crippen LogP contribution in [0.4, 0.5) is 4.79 Å². The van der Waals surface area contributed by atoms with Crippen molar-refractivity contribution >= 4 is 15.1 Å². The first kappa shape index (κ1) is 11.6. The Morgan fingerprint density at radius 1 is 1.50 bits per heavy atom. The fraction of sp³-hybridized carbons (Fsp3) is 0.833. The molecule has 0 spiro atoms. The second-order valence-electron chi connectivity index (χ2n) is 2.21. The molecule has 5 nitrogen and oxygen atoms in total. The van der Waals surface area contributed by atoms with Crippen LogP contribution in [0.3, 0.4) is 0 Å². The minimum absolute atomic E-state index is 0.420. The van der Waals surface area contributed by atoms with Gasteiger partial charge >= 0.3 is 0 Å². The van der Waals surface area contributed by atoms with Crippen LogP contribution in [0.25, 0.3) is 0 Å². The van der Waals surface area contributed by atoms with Crippen molar-refractivity contribution in [3.8, 4) is 0 Å². The molecule has 0 aliphatic heterocycles. The molecule has 1 atom stereocenters. The third-order valence-corrected chi connectivity index (χ3v) is 1.59. The predicted octanol–water partition coefficient (Wildman–Crippen LogP) is -0.393. The molecule has 0 aromatic heterocycles. The third kappa shape index (κ3) is 9.62. The summed E-state index contributed by atoms with van der Waals surface area (Å²) in [6.07, 6.45) is 1.25. The monoisotopic (exact) mass is 194 g/mol. The first-order chi connectivity index (χ1) is 5.77. The van der Waals surface area contributed by atoms with Gasteiger partial charge in [-0.05, 0) is 19.3 Å². The van der Waals surface area contributed by atoms with E-state index in [2.05, 4.69) is 5.32 Å². The van der Waals surface area contributed by atoms with Crippen molar-refractivity contribution in [3.05, 3.63) is 0 Å². The molecule has 0 rings (SSSR count). The number of unbranched alkanes of at least 4 members (excludes halogenated alkanes) is 2. The highest BCUT2D eigenvalue weighted by molar-refractivity contribution is 7.24. The second-order valence-corrected chi connectivity index (χ2v) is 2.69. The molecule has 0 fully saturated rings. The average molecular weight is 194 g/mol. The molecular formula is C6H13NO4P-. The molecule has 0 radical (unpaired) electrons. The number of amides is 1. The van der Waals surface area contributed by atoms with Crippen LogP contribution in [0, 0.1) is 0 Å². The van der Waals surface area contributed by atoms with E-state index < -0.39 is 15.1 Å². The van der Waals surface area contributed by atoms with Crippen LogP contribution in [-0.4, -0.2) is 24.1 Å². The summed E-state index contributed by atoms with van der Waals surface area (Å²) in [7, 11) is -0.454. The molecule has 1 amide bonds. The zero-order chi connectivity index (χ0) is 9.23. The van der Waals surface area contributed by atoms with Gasteiger partial charge in [-0.3, -0.25) is 0 Å². The minimum Gasteiger partial charge on any atom is -0.530 e. The van der Waals surface area contributed by atoms with Gasteiger partial charge in [0.1, 0.15) is 6.09 Å². The van der Waals surface area contributed by atoms with Gasteiger partial charge < -0.3 is 24.6 Å². The van der Waals surface area contributed by atoms with Gasteiger partial charge in [0, 0.05) is 6.54 Å². The largest absolute Gasteiger partial charge is 0.530 e. The molecule has 0 aromatic carbocycles. The van der Waals surface area contributed by atoms with E-state index in [1.165, 1.54) is 0 Å². The summed E-state index contributed by atoms with van der Waals surface area (Å²) in [6, 6.07) is 0. The summed E-state index contributed by atoms with van der Waals surface area (Å²) < 4.78 is 4.70. The van der Waals surface area contributed by atoms with Gasteiger partial charge in [-0.2, -0.15) is 0 Å². The Bertz CT molecular complexity index is 122. The summed E-state index contributed by atoms with van der Waals surface area (Å²) in [5.41, 5.74) is 0. The SMILES string of the molecule is O=C([O-])NCCCCCOPO. The molecule has 0 aromatic rings. The molecule has 12 heavy (non-hydrogen) atoms. The van der Waals surface area contributed by atoms with Crippen LogP contribution in [0.15, 0.2) is 0 Å². The summed E-state index contributed by atoms with van der Waals surface area (Å²) >= 11 is 0. The lowest BCUT2D eigenvalue weighted by molar-refractivity contribution is -0.250. The van der Waals surface area contributed by atoms with E-state index in [9.17, 15) is 9.90 Å². The molecule has 6 heteroatoms. The van der Waals surface area contributed by atoms with Crippen molar-refractivity contribution in [3.63, 3.8) is 0 Å². The van der Waals surface area contributed by atoms with E-state index in [1.807, 2.05) is 0 Å². The zero-order valence-corrected chi connectivity index (χ0v) is 7.71. The third-order valence-electron chi connectivity index (χ3n) is 1.26. The molecule has 0 saturated heterocycles. The number of rotatable bonds is 7. The second kappa shape index (κ2) is 8.71. The van der Waals surface area contributed by atoms with E-state index in [0.717, 1.165) is 19.3 Å². The van der Waals surface area contributed by atoms with E-state index in [0.29, 0.717) is 13.2 Å². The molecule has 0 heterocycles. The van der Waals surface area contributed by atoms with Gasteiger partial charge in [0.05, 0.1) is 6.61 Å². The van der Waals surface area contributed by atoms with Gasteiger partial charge in [0.25, 0.3) is 0 Å². The fourth-order valence-corrected chi connectivity index (χ4v) is 0.948. The van der Waals surface area contributed by atoms with Crippen LogP contribution >= 0.6 is 9.03 Å². The maximum absolute atomic E-state index is 9.86. The van der Waals surface area contributed by atoms with Crippen molar-refractivity contribution < 1.29 is 19.3 Å². The van der Waals surface area contributed by atoms with Gasteiger partial charge in [-0.15, -0.1) is 0 Å². The molecule has 0 bridgehead atoms. The molecule has 0 saturated carbocycles. The van der Waals surface area contributed by atoms with Gasteiger partial charge in [-0.1, -0.05) is 0 Å². The predicted molar refractivity (Wildman–Crippen MR) is 43.7 cm³/mol. The minimum atomic E-state index is -1.23. The van der Waals surface area contributed by atoms with Crippen LogP contribution in [0.5, 0.6) is 0 Å². The lowest BCUT2D eigenvalue weighted by atomic mass is 10.2. The summed E-state index contributed by atoms with van der Waals surface area (Å²) in [6.45, 7) is 0.948. The lowest BCUT2D eigenvalue weighted by Gasteiger charge is -2.05.